The van der Waals surface area contributed by atoms with Gasteiger partial charge in [0.2, 0.25) is 0 Å². The number of allylic oxidation sites excluding steroid dienone is 2. The molecule has 0 amide bonds. The van der Waals surface area contributed by atoms with Crippen molar-refractivity contribution >= 4 is 17.5 Å². The Hall–Kier alpha value is -3.81. The van der Waals surface area contributed by atoms with Crippen molar-refractivity contribution in [1.82, 2.24) is 0 Å². The monoisotopic (exact) mass is 521 g/mol. The molecule has 1 heterocycles. The number of hydrogen-bond acceptors (Lipinski definition) is 8. The number of carbonyl (C=O) groups is 2. The number of ether oxygens (including phenoxy) is 5. The van der Waals surface area contributed by atoms with Crippen LogP contribution in [0.15, 0.2) is 52.7 Å². The molecule has 0 N–H and O–H groups in total. The normalized spacial score (nSPS) is 20.8. The van der Waals surface area contributed by atoms with Gasteiger partial charge in [-0.25, -0.2) is 0 Å². The first-order chi connectivity index (χ1) is 18.4. The summed E-state index contributed by atoms with van der Waals surface area (Å²) in [5, 5.41) is 0. The molecule has 0 bridgehead atoms. The average Bonchev–Trinajstić information content (AvgIpc) is 2.94. The maximum absolute atomic E-state index is 13.9. The first-order valence-corrected chi connectivity index (χ1v) is 12.8. The summed E-state index contributed by atoms with van der Waals surface area (Å²) >= 11 is 0. The van der Waals surface area contributed by atoms with Crippen molar-refractivity contribution in [3.8, 4) is 23.0 Å². The quantitative estimate of drug-likeness (QED) is 0.416. The fourth-order valence-electron chi connectivity index (χ4n) is 5.42. The number of aliphatic imine (C=N–C) groups is 1. The lowest BCUT2D eigenvalue weighted by Crippen LogP contribution is -2.38. The molecule has 202 valence electrons. The number of nitrogens with zero attached hydrogens (tertiary/aromatic N) is 1. The molecule has 0 aromatic heterocycles. The van der Waals surface area contributed by atoms with Gasteiger partial charge in [-0.05, 0) is 61.6 Å². The van der Waals surface area contributed by atoms with Crippen LogP contribution in [0.4, 0.5) is 0 Å². The van der Waals surface area contributed by atoms with E-state index in [-0.39, 0.29) is 18.1 Å². The lowest BCUT2D eigenvalue weighted by Gasteiger charge is -2.37. The van der Waals surface area contributed by atoms with Crippen LogP contribution in [0.3, 0.4) is 0 Å². The molecule has 0 saturated heterocycles. The lowest BCUT2D eigenvalue weighted by molar-refractivity contribution is -0.146. The van der Waals surface area contributed by atoms with E-state index in [4.69, 9.17) is 28.7 Å². The molecule has 0 radical (unpaired) electrons. The predicted molar refractivity (Wildman–Crippen MR) is 144 cm³/mol. The van der Waals surface area contributed by atoms with Crippen LogP contribution >= 0.6 is 0 Å². The van der Waals surface area contributed by atoms with Gasteiger partial charge in [-0.2, -0.15) is 0 Å². The third kappa shape index (κ3) is 5.12. The molecule has 8 nitrogen and oxygen atoms in total. The van der Waals surface area contributed by atoms with E-state index in [0.29, 0.717) is 65.0 Å². The molecule has 1 aliphatic heterocycles. The smallest absolute Gasteiger partial charge is 0.315 e. The van der Waals surface area contributed by atoms with Crippen molar-refractivity contribution in [3.63, 3.8) is 0 Å². The average molecular weight is 522 g/mol. The van der Waals surface area contributed by atoms with Crippen LogP contribution < -0.4 is 18.9 Å². The van der Waals surface area contributed by atoms with Crippen LogP contribution in [0.25, 0.3) is 0 Å². The van der Waals surface area contributed by atoms with E-state index in [1.165, 1.54) is 0 Å². The van der Waals surface area contributed by atoms with Gasteiger partial charge in [0, 0.05) is 34.9 Å². The molecule has 1 unspecified atom stereocenters. The van der Waals surface area contributed by atoms with E-state index >= 15 is 0 Å². The van der Waals surface area contributed by atoms with Gasteiger partial charge in [0.1, 0.15) is 17.4 Å². The van der Waals surface area contributed by atoms with Crippen molar-refractivity contribution in [2.75, 3.05) is 35.0 Å². The number of benzene rings is 2. The van der Waals surface area contributed by atoms with Gasteiger partial charge >= 0.3 is 5.97 Å². The Labute approximate surface area is 223 Å². The summed E-state index contributed by atoms with van der Waals surface area (Å²) < 4.78 is 27.6. The molecule has 2 aromatic rings. The minimum Gasteiger partial charge on any atom is -0.497 e. The fourth-order valence-corrected chi connectivity index (χ4v) is 5.42. The highest BCUT2D eigenvalue weighted by molar-refractivity contribution is 6.09. The second-order valence-electron chi connectivity index (χ2n) is 9.49. The van der Waals surface area contributed by atoms with Gasteiger partial charge in [-0.3, -0.25) is 14.6 Å². The summed E-state index contributed by atoms with van der Waals surface area (Å²) in [5.74, 6) is 0.528. The maximum atomic E-state index is 13.9. The van der Waals surface area contributed by atoms with Crippen molar-refractivity contribution in [1.29, 1.82) is 0 Å². The zero-order valence-corrected chi connectivity index (χ0v) is 22.8. The van der Waals surface area contributed by atoms with Gasteiger partial charge in [0.15, 0.2) is 17.3 Å². The van der Waals surface area contributed by atoms with E-state index in [9.17, 15) is 9.59 Å². The summed E-state index contributed by atoms with van der Waals surface area (Å²) in [4.78, 5) is 32.1. The Kier molecular flexibility index (Phi) is 8.39. The minimum absolute atomic E-state index is 0.0505. The molecule has 2 aromatic carbocycles. The second kappa shape index (κ2) is 11.7. The third-order valence-corrected chi connectivity index (χ3v) is 7.24. The Morgan fingerprint density at radius 2 is 1.63 bits per heavy atom. The Morgan fingerprint density at radius 3 is 2.29 bits per heavy atom. The molecule has 8 heteroatoms. The number of ketones is 1. The van der Waals surface area contributed by atoms with Crippen molar-refractivity contribution < 1.29 is 33.3 Å². The first-order valence-electron chi connectivity index (χ1n) is 12.8. The van der Waals surface area contributed by atoms with Crippen molar-refractivity contribution in [2.45, 2.75) is 44.9 Å². The van der Waals surface area contributed by atoms with E-state index in [1.807, 2.05) is 38.1 Å². The van der Waals surface area contributed by atoms with Gasteiger partial charge in [0.25, 0.3) is 0 Å². The SMILES string of the molecule is CCCOC(=O)C1C(C)=NC2=C(C(=O)C[C@H](c3ccc(OC)c(OC)c3)C2)[C@@H]1c1cc(OC)ccc1OC. The number of hydrogen-bond donors (Lipinski definition) is 0. The van der Waals surface area contributed by atoms with E-state index in [2.05, 4.69) is 0 Å². The topological polar surface area (TPSA) is 92.7 Å². The highest BCUT2D eigenvalue weighted by atomic mass is 16.5. The third-order valence-electron chi connectivity index (χ3n) is 7.24. The number of rotatable bonds is 9. The summed E-state index contributed by atoms with van der Waals surface area (Å²) in [6.45, 7) is 4.06. The summed E-state index contributed by atoms with van der Waals surface area (Å²) in [5.41, 5.74) is 3.51. The van der Waals surface area contributed by atoms with Crippen molar-refractivity contribution in [2.24, 2.45) is 10.9 Å². The molecule has 0 spiro atoms. The van der Waals surface area contributed by atoms with Crippen molar-refractivity contribution in [3.05, 3.63) is 58.8 Å². The molecule has 1 aliphatic carbocycles. The number of Topliss-reactive ketones (excluding diaryl/α,β-unsaturated/α-hetero) is 1. The van der Waals surface area contributed by atoms with Crippen LogP contribution in [0.2, 0.25) is 0 Å². The number of carbonyl (C=O) groups excluding carboxylic acids is 2. The summed E-state index contributed by atoms with van der Waals surface area (Å²) in [7, 11) is 6.33. The van der Waals surface area contributed by atoms with E-state index in [0.717, 1.165) is 5.56 Å². The Morgan fingerprint density at radius 1 is 0.921 bits per heavy atom. The number of esters is 1. The Balaban J connectivity index is 1.83. The molecule has 4 rings (SSSR count). The Bertz CT molecular complexity index is 1280. The maximum Gasteiger partial charge on any atom is 0.315 e. The summed E-state index contributed by atoms with van der Waals surface area (Å²) in [6.07, 6.45) is 1.53. The molecule has 2 aliphatic rings. The van der Waals surface area contributed by atoms with Crippen LogP contribution in [0.5, 0.6) is 23.0 Å². The lowest BCUT2D eigenvalue weighted by atomic mass is 9.69. The van der Waals surface area contributed by atoms with E-state index in [1.54, 1.807) is 40.6 Å². The number of methoxy groups -OCH3 is 4. The summed E-state index contributed by atoms with van der Waals surface area (Å²) in [6, 6.07) is 11.1. The molecule has 3 atom stereocenters. The van der Waals surface area contributed by atoms with Gasteiger partial charge < -0.3 is 23.7 Å². The molecule has 0 fully saturated rings. The predicted octanol–water partition coefficient (Wildman–Crippen LogP) is 5.25. The second-order valence-corrected chi connectivity index (χ2v) is 9.49. The van der Waals surface area contributed by atoms with Crippen LogP contribution in [-0.4, -0.2) is 52.5 Å². The fraction of sp³-hybridized carbons (Fsp3) is 0.433. The highest BCUT2D eigenvalue weighted by Crippen LogP contribution is 2.49. The van der Waals surface area contributed by atoms with E-state index < -0.39 is 17.8 Å². The van der Waals surface area contributed by atoms with Crippen LogP contribution in [0, 0.1) is 5.92 Å². The molecule has 0 saturated carbocycles. The van der Waals surface area contributed by atoms with Gasteiger partial charge in [0.05, 0.1) is 35.0 Å². The molecular formula is C30H35NO7. The largest absolute Gasteiger partial charge is 0.497 e. The standard InChI is InChI=1S/C30H35NO7/c1-7-12-38-30(33)27-17(2)31-22-13-19(18-8-10-25(36-5)26(15-18)37-6)14-23(32)29(22)28(27)21-16-20(34-3)9-11-24(21)35-4/h8-11,15-16,19,27-28H,7,12-14H2,1-6H3/t19-,27?,28-/m1/s1. The highest BCUT2D eigenvalue weighted by Gasteiger charge is 2.46. The zero-order chi connectivity index (χ0) is 27.4. The minimum atomic E-state index is -0.747. The van der Waals surface area contributed by atoms with Gasteiger partial charge in [-0.15, -0.1) is 0 Å². The van der Waals surface area contributed by atoms with Crippen LogP contribution in [0.1, 0.15) is 56.1 Å². The molecule has 38 heavy (non-hydrogen) atoms. The zero-order valence-electron chi connectivity index (χ0n) is 22.8. The van der Waals surface area contributed by atoms with Gasteiger partial charge in [-0.1, -0.05) is 13.0 Å². The van der Waals surface area contributed by atoms with Crippen LogP contribution in [-0.2, 0) is 14.3 Å². The molecular weight excluding hydrogens is 486 g/mol. The first kappa shape index (κ1) is 27.2.